The Labute approximate surface area is 160 Å². The van der Waals surface area contributed by atoms with Crippen molar-refractivity contribution in [1.82, 2.24) is 19.9 Å². The third-order valence-corrected chi connectivity index (χ3v) is 4.49. The molecule has 4 aromatic rings. The van der Waals surface area contributed by atoms with Crippen molar-refractivity contribution in [3.8, 4) is 22.9 Å². The van der Waals surface area contributed by atoms with E-state index in [1.54, 1.807) is 25.1 Å². The summed E-state index contributed by atoms with van der Waals surface area (Å²) >= 11 is 5.34. The molecule has 7 nitrogen and oxygen atoms in total. The molecule has 0 aliphatic carbocycles. The Balaban J connectivity index is 1.75. The summed E-state index contributed by atoms with van der Waals surface area (Å²) in [7, 11) is 3.19. The normalized spacial score (nSPS) is 11.3. The molecule has 2 N–H and O–H groups in total. The second kappa shape index (κ2) is 7.08. The van der Waals surface area contributed by atoms with Crippen LogP contribution >= 0.6 is 12.2 Å². The quantitative estimate of drug-likeness (QED) is 0.406. The second-order valence-electron chi connectivity index (χ2n) is 5.77. The molecule has 8 heteroatoms. The zero-order valence-corrected chi connectivity index (χ0v) is 15.6. The molecule has 2 heterocycles. The van der Waals surface area contributed by atoms with Gasteiger partial charge in [0.05, 0.1) is 20.4 Å². The van der Waals surface area contributed by atoms with E-state index in [9.17, 15) is 0 Å². The lowest BCUT2D eigenvalue weighted by Crippen LogP contribution is -1.96. The molecule has 0 aliphatic heterocycles. The van der Waals surface area contributed by atoms with Crippen LogP contribution in [0, 0.1) is 4.77 Å². The third-order valence-electron chi connectivity index (χ3n) is 4.23. The average Bonchev–Trinajstić information content (AvgIpc) is 3.29. The maximum Gasteiger partial charge on any atom is 0.216 e. The molecule has 0 aliphatic rings. The molecule has 0 bridgehead atoms. The van der Waals surface area contributed by atoms with Crippen molar-refractivity contribution in [3.63, 3.8) is 0 Å². The zero-order chi connectivity index (χ0) is 18.8. The summed E-state index contributed by atoms with van der Waals surface area (Å²) < 4.78 is 12.6. The number of nitrogens with zero attached hydrogens (tertiary/aromatic N) is 3. The van der Waals surface area contributed by atoms with Gasteiger partial charge in [-0.3, -0.25) is 0 Å². The fraction of sp³-hybridized carbons (Fsp3) is 0.105. The lowest BCUT2D eigenvalue weighted by atomic mass is 10.2. The molecule has 0 unspecified atom stereocenters. The summed E-state index contributed by atoms with van der Waals surface area (Å²) in [6.07, 6.45) is 3.67. The maximum absolute atomic E-state index is 5.37. The smallest absolute Gasteiger partial charge is 0.216 e. The molecule has 0 atom stereocenters. The van der Waals surface area contributed by atoms with Gasteiger partial charge in [0.25, 0.3) is 0 Å². The van der Waals surface area contributed by atoms with E-state index in [4.69, 9.17) is 21.7 Å². The van der Waals surface area contributed by atoms with Crippen LogP contribution in [0.5, 0.6) is 11.5 Å². The van der Waals surface area contributed by atoms with Crippen LogP contribution in [-0.2, 0) is 0 Å². The Kier molecular flexibility index (Phi) is 4.47. The number of hydrogen-bond acceptors (Lipinski definition) is 5. The van der Waals surface area contributed by atoms with Gasteiger partial charge in [-0.25, -0.2) is 5.10 Å². The number of H-pyrrole nitrogens is 2. The molecule has 0 fully saturated rings. The number of para-hydroxylation sites is 1. The first-order chi connectivity index (χ1) is 13.2. The number of ether oxygens (including phenoxy) is 2. The van der Waals surface area contributed by atoms with Crippen molar-refractivity contribution in [2.75, 3.05) is 14.2 Å². The van der Waals surface area contributed by atoms with Gasteiger partial charge in [-0.15, -0.1) is 0 Å². The highest BCUT2D eigenvalue weighted by Crippen LogP contribution is 2.31. The Morgan fingerprint density at radius 2 is 1.93 bits per heavy atom. The first kappa shape index (κ1) is 17.0. The van der Waals surface area contributed by atoms with Crippen LogP contribution < -0.4 is 9.47 Å². The lowest BCUT2D eigenvalue weighted by molar-refractivity contribution is 0.355. The third kappa shape index (κ3) is 3.11. The van der Waals surface area contributed by atoms with E-state index < -0.39 is 0 Å². The van der Waals surface area contributed by atoms with E-state index in [0.717, 1.165) is 22.0 Å². The molecule has 136 valence electrons. The van der Waals surface area contributed by atoms with Crippen molar-refractivity contribution >= 4 is 29.3 Å². The Hall–Kier alpha value is -3.39. The molecule has 2 aromatic carbocycles. The van der Waals surface area contributed by atoms with Gasteiger partial charge in [0.2, 0.25) is 4.77 Å². The van der Waals surface area contributed by atoms with E-state index in [2.05, 4.69) is 20.3 Å². The van der Waals surface area contributed by atoms with Gasteiger partial charge < -0.3 is 14.5 Å². The number of hydrogen-bond donors (Lipinski definition) is 2. The highest BCUT2D eigenvalue weighted by molar-refractivity contribution is 7.71. The van der Waals surface area contributed by atoms with Crippen LogP contribution in [0.4, 0.5) is 0 Å². The largest absolute Gasteiger partial charge is 0.493 e. The van der Waals surface area contributed by atoms with Crippen LogP contribution in [0.15, 0.2) is 53.8 Å². The maximum atomic E-state index is 5.37. The highest BCUT2D eigenvalue weighted by Gasteiger charge is 2.12. The van der Waals surface area contributed by atoms with E-state index in [-0.39, 0.29) is 0 Å². The van der Waals surface area contributed by atoms with Crippen molar-refractivity contribution in [2.45, 2.75) is 0 Å². The van der Waals surface area contributed by atoms with E-state index in [0.29, 0.717) is 22.1 Å². The first-order valence-corrected chi connectivity index (χ1v) is 8.62. The number of aromatic amines is 2. The summed E-state index contributed by atoms with van der Waals surface area (Å²) in [5.41, 5.74) is 2.82. The minimum atomic E-state index is 0.399. The van der Waals surface area contributed by atoms with Crippen LogP contribution in [-0.4, -0.2) is 40.3 Å². The molecule has 0 radical (unpaired) electrons. The number of rotatable bonds is 5. The first-order valence-electron chi connectivity index (χ1n) is 8.21. The Bertz CT molecular complexity index is 1190. The number of methoxy groups -OCH3 is 2. The standard InChI is InChI=1S/C19H17N5O2S/c1-25-16-8-7-12(9-17(16)26-2)18-22-23-19(27)24(18)21-11-13-10-20-15-6-4-3-5-14(13)15/h3-11,20H,1-2H3,(H,23,27)/b21-11+. The van der Waals surface area contributed by atoms with Crippen LogP contribution in [0.3, 0.4) is 0 Å². The lowest BCUT2D eigenvalue weighted by Gasteiger charge is -2.09. The minimum absolute atomic E-state index is 0.399. The van der Waals surface area contributed by atoms with E-state index >= 15 is 0 Å². The molecule has 2 aromatic heterocycles. The number of benzene rings is 2. The van der Waals surface area contributed by atoms with Gasteiger partial charge in [0.15, 0.2) is 17.3 Å². The van der Waals surface area contributed by atoms with E-state index in [1.165, 1.54) is 0 Å². The van der Waals surface area contributed by atoms with Gasteiger partial charge >= 0.3 is 0 Å². The SMILES string of the molecule is COc1ccc(-c2n[nH]c(=S)n2/N=C/c2c[nH]c3ccccc23)cc1OC. The number of nitrogens with one attached hydrogen (secondary N) is 2. The van der Waals surface area contributed by atoms with Crippen molar-refractivity contribution in [1.29, 1.82) is 0 Å². The summed E-state index contributed by atoms with van der Waals surface area (Å²) in [5.74, 6) is 1.83. The zero-order valence-electron chi connectivity index (χ0n) is 14.8. The van der Waals surface area contributed by atoms with Crippen molar-refractivity contribution in [3.05, 3.63) is 59.0 Å². The predicted octanol–water partition coefficient (Wildman–Crippen LogP) is 3.99. The topological polar surface area (TPSA) is 80.2 Å². The molecule has 0 spiro atoms. The van der Waals surface area contributed by atoms with Crippen LogP contribution in [0.2, 0.25) is 0 Å². The minimum Gasteiger partial charge on any atom is -0.493 e. The highest BCUT2D eigenvalue weighted by atomic mass is 32.1. The Morgan fingerprint density at radius 1 is 1.11 bits per heavy atom. The van der Waals surface area contributed by atoms with Gasteiger partial charge in [0, 0.05) is 28.2 Å². The van der Waals surface area contributed by atoms with Crippen LogP contribution in [0.1, 0.15) is 5.56 Å². The van der Waals surface area contributed by atoms with Crippen molar-refractivity contribution in [2.24, 2.45) is 5.10 Å². The predicted molar refractivity (Wildman–Crippen MR) is 107 cm³/mol. The van der Waals surface area contributed by atoms with Gasteiger partial charge in [-0.05, 0) is 36.5 Å². The number of fused-ring (bicyclic) bond motifs is 1. The molecule has 27 heavy (non-hydrogen) atoms. The molecule has 0 saturated carbocycles. The number of aromatic nitrogens is 4. The van der Waals surface area contributed by atoms with Gasteiger partial charge in [-0.1, -0.05) is 18.2 Å². The van der Waals surface area contributed by atoms with Gasteiger partial charge in [-0.2, -0.15) is 14.9 Å². The molecular formula is C19H17N5O2S. The van der Waals surface area contributed by atoms with Gasteiger partial charge in [0.1, 0.15) is 0 Å². The molecule has 0 saturated heterocycles. The Morgan fingerprint density at radius 3 is 2.74 bits per heavy atom. The fourth-order valence-electron chi connectivity index (χ4n) is 2.88. The van der Waals surface area contributed by atoms with Crippen molar-refractivity contribution < 1.29 is 9.47 Å². The summed E-state index contributed by atoms with van der Waals surface area (Å²) in [4.78, 5) is 3.23. The average molecular weight is 379 g/mol. The molecule has 0 amide bonds. The summed E-state index contributed by atoms with van der Waals surface area (Å²) in [6.45, 7) is 0. The second-order valence-corrected chi connectivity index (χ2v) is 6.15. The molecule has 4 rings (SSSR count). The fourth-order valence-corrected chi connectivity index (χ4v) is 3.06. The summed E-state index contributed by atoms with van der Waals surface area (Å²) in [5, 5.41) is 12.7. The van der Waals surface area contributed by atoms with E-state index in [1.807, 2.05) is 48.7 Å². The molecular weight excluding hydrogens is 362 g/mol. The monoisotopic (exact) mass is 379 g/mol. The summed E-state index contributed by atoms with van der Waals surface area (Å²) in [6, 6.07) is 13.6. The van der Waals surface area contributed by atoms with Crippen LogP contribution in [0.25, 0.3) is 22.3 Å².